The third-order valence-corrected chi connectivity index (χ3v) is 1.41. The van der Waals surface area contributed by atoms with Gasteiger partial charge < -0.3 is 15.9 Å². The van der Waals surface area contributed by atoms with E-state index in [1.165, 1.54) is 0 Å². The monoisotopic (exact) mass is 148 g/mol. The molecule has 0 aromatic heterocycles. The number of aliphatic hydroxyl groups is 1. The second-order valence-electron chi connectivity index (χ2n) is 2.43. The predicted octanol–water partition coefficient (Wildman–Crippen LogP) is -1.16. The fraction of sp³-hybridized carbons (Fsp3) is 0.833. The Kier molecular flexibility index (Phi) is 3.99. The minimum atomic E-state index is -0.839. The number of carboxylic acid groups (broad SMARTS) is 1. The number of rotatable bonds is 4. The molecule has 0 saturated carbocycles. The molecule has 0 fully saturated rings. The third kappa shape index (κ3) is 4.29. The third-order valence-electron chi connectivity index (χ3n) is 1.41. The molecule has 0 aliphatic heterocycles. The molecular formula is C6H14NO3+. The lowest BCUT2D eigenvalue weighted by molar-refractivity contribution is -0.437. The molecule has 5 N–H and O–H groups in total. The van der Waals surface area contributed by atoms with E-state index in [1.54, 1.807) is 6.92 Å². The van der Waals surface area contributed by atoms with E-state index in [9.17, 15) is 4.79 Å². The van der Waals surface area contributed by atoms with Crippen LogP contribution >= 0.6 is 0 Å². The minimum absolute atomic E-state index is 0.0824. The lowest BCUT2D eigenvalue weighted by Gasteiger charge is -2.08. The lowest BCUT2D eigenvalue weighted by atomic mass is 10.1. The van der Waals surface area contributed by atoms with Crippen LogP contribution in [0.25, 0.3) is 0 Å². The van der Waals surface area contributed by atoms with Gasteiger partial charge in [0.25, 0.3) is 0 Å². The van der Waals surface area contributed by atoms with Crippen molar-refractivity contribution in [2.75, 3.05) is 0 Å². The van der Waals surface area contributed by atoms with E-state index in [2.05, 4.69) is 5.73 Å². The number of hydrogen-bond donors (Lipinski definition) is 3. The molecule has 0 saturated heterocycles. The smallest absolute Gasteiger partial charge is 0.303 e. The van der Waals surface area contributed by atoms with Gasteiger partial charge in [0.05, 0.1) is 6.42 Å². The molecule has 0 heterocycles. The molecule has 0 spiro atoms. The first-order chi connectivity index (χ1) is 4.54. The number of aliphatic hydroxyl groups excluding tert-OH is 1. The van der Waals surface area contributed by atoms with Crippen molar-refractivity contribution in [1.29, 1.82) is 0 Å². The SMILES string of the molecule is CC(O)C([NH3+])CCC(=O)O. The van der Waals surface area contributed by atoms with Gasteiger partial charge in [-0.05, 0) is 6.92 Å². The van der Waals surface area contributed by atoms with Gasteiger partial charge in [-0.3, -0.25) is 4.79 Å². The lowest BCUT2D eigenvalue weighted by Crippen LogP contribution is -2.65. The van der Waals surface area contributed by atoms with Crippen molar-refractivity contribution in [3.8, 4) is 0 Å². The second kappa shape index (κ2) is 4.24. The molecule has 0 amide bonds. The molecule has 2 unspecified atom stereocenters. The molecule has 0 radical (unpaired) electrons. The zero-order valence-corrected chi connectivity index (χ0v) is 6.08. The molecule has 0 aromatic rings. The Balaban J connectivity index is 3.39. The Bertz CT molecular complexity index is 114. The highest BCUT2D eigenvalue weighted by atomic mass is 16.4. The zero-order valence-electron chi connectivity index (χ0n) is 6.08. The highest BCUT2D eigenvalue weighted by Gasteiger charge is 2.13. The van der Waals surface area contributed by atoms with E-state index in [0.29, 0.717) is 6.42 Å². The van der Waals surface area contributed by atoms with Gasteiger partial charge in [-0.2, -0.15) is 0 Å². The van der Waals surface area contributed by atoms with Crippen LogP contribution in [-0.4, -0.2) is 28.3 Å². The summed E-state index contributed by atoms with van der Waals surface area (Å²) in [7, 11) is 0. The van der Waals surface area contributed by atoms with Gasteiger partial charge in [0.1, 0.15) is 12.1 Å². The van der Waals surface area contributed by atoms with Crippen molar-refractivity contribution in [3.63, 3.8) is 0 Å². The maximum atomic E-state index is 10.0. The molecule has 0 aliphatic rings. The minimum Gasteiger partial charge on any atom is -0.481 e. The Hall–Kier alpha value is -0.610. The molecule has 2 atom stereocenters. The van der Waals surface area contributed by atoms with E-state index >= 15 is 0 Å². The van der Waals surface area contributed by atoms with E-state index in [0.717, 1.165) is 0 Å². The van der Waals surface area contributed by atoms with Gasteiger partial charge in [-0.1, -0.05) is 0 Å². The van der Waals surface area contributed by atoms with Crippen LogP contribution < -0.4 is 5.73 Å². The van der Waals surface area contributed by atoms with Crippen LogP contribution in [-0.2, 0) is 4.79 Å². The summed E-state index contributed by atoms with van der Waals surface area (Å²) in [6.45, 7) is 1.61. The topological polar surface area (TPSA) is 85.2 Å². The first kappa shape index (κ1) is 9.39. The summed E-state index contributed by atoms with van der Waals surface area (Å²) in [5, 5.41) is 17.1. The van der Waals surface area contributed by atoms with Gasteiger partial charge in [-0.15, -0.1) is 0 Å². The molecule has 4 heteroatoms. The zero-order chi connectivity index (χ0) is 8.15. The van der Waals surface area contributed by atoms with Crippen molar-refractivity contribution >= 4 is 5.97 Å². The molecule has 0 rings (SSSR count). The molecule has 10 heavy (non-hydrogen) atoms. The Labute approximate surface area is 59.7 Å². The standard InChI is InChI=1S/C6H13NO3/c1-4(8)5(7)2-3-6(9)10/h4-5,8H,2-3,7H2,1H3,(H,9,10)/p+1. The van der Waals surface area contributed by atoms with Crippen LogP contribution in [0.15, 0.2) is 0 Å². The second-order valence-corrected chi connectivity index (χ2v) is 2.43. The largest absolute Gasteiger partial charge is 0.481 e. The number of quaternary nitrogens is 1. The summed E-state index contributed by atoms with van der Waals surface area (Å²) in [4.78, 5) is 10.0. The number of hydrogen-bond acceptors (Lipinski definition) is 2. The summed E-state index contributed by atoms with van der Waals surface area (Å²) >= 11 is 0. The summed E-state index contributed by atoms with van der Waals surface area (Å²) in [5.41, 5.74) is 3.60. The van der Waals surface area contributed by atoms with E-state index in [1.807, 2.05) is 0 Å². The van der Waals surface area contributed by atoms with E-state index in [-0.39, 0.29) is 12.5 Å². The van der Waals surface area contributed by atoms with Crippen molar-refractivity contribution in [2.45, 2.75) is 31.9 Å². The summed E-state index contributed by atoms with van der Waals surface area (Å²) in [6, 6.07) is -0.170. The molecule has 0 bridgehead atoms. The number of carboxylic acids is 1. The van der Waals surface area contributed by atoms with Gasteiger partial charge in [0, 0.05) is 6.42 Å². The van der Waals surface area contributed by atoms with Gasteiger partial charge in [0.15, 0.2) is 0 Å². The fourth-order valence-electron chi connectivity index (χ4n) is 0.550. The van der Waals surface area contributed by atoms with Gasteiger partial charge in [0.2, 0.25) is 0 Å². The van der Waals surface area contributed by atoms with E-state index < -0.39 is 12.1 Å². The van der Waals surface area contributed by atoms with Crippen LogP contribution in [0.2, 0.25) is 0 Å². The maximum absolute atomic E-state index is 10.0. The Morgan fingerprint density at radius 1 is 1.70 bits per heavy atom. The number of aliphatic carboxylic acids is 1. The van der Waals surface area contributed by atoms with Crippen LogP contribution in [0.3, 0.4) is 0 Å². The molecule has 4 nitrogen and oxygen atoms in total. The Morgan fingerprint density at radius 2 is 2.20 bits per heavy atom. The van der Waals surface area contributed by atoms with Crippen LogP contribution in [0.1, 0.15) is 19.8 Å². The van der Waals surface area contributed by atoms with Crippen molar-refractivity contribution in [1.82, 2.24) is 0 Å². The van der Waals surface area contributed by atoms with E-state index in [4.69, 9.17) is 10.2 Å². The molecule has 0 aromatic carbocycles. The summed E-state index contributed by atoms with van der Waals surface area (Å²) in [6.07, 6.45) is 0.00542. The first-order valence-corrected chi connectivity index (χ1v) is 3.27. The average molecular weight is 148 g/mol. The summed E-state index contributed by atoms with van der Waals surface area (Å²) < 4.78 is 0. The highest BCUT2D eigenvalue weighted by molar-refractivity contribution is 5.66. The van der Waals surface area contributed by atoms with Crippen LogP contribution in [0.4, 0.5) is 0 Å². The van der Waals surface area contributed by atoms with Crippen LogP contribution in [0, 0.1) is 0 Å². The summed E-state index contributed by atoms with van der Waals surface area (Å²) in [5.74, 6) is -0.839. The number of carbonyl (C=O) groups is 1. The van der Waals surface area contributed by atoms with Crippen LogP contribution in [0.5, 0.6) is 0 Å². The molecule has 60 valence electrons. The maximum Gasteiger partial charge on any atom is 0.303 e. The van der Waals surface area contributed by atoms with Crippen molar-refractivity contribution in [3.05, 3.63) is 0 Å². The van der Waals surface area contributed by atoms with Crippen molar-refractivity contribution in [2.24, 2.45) is 0 Å². The predicted molar refractivity (Wildman–Crippen MR) is 35.2 cm³/mol. The molecule has 0 aliphatic carbocycles. The Morgan fingerprint density at radius 3 is 2.50 bits per heavy atom. The average Bonchev–Trinajstić information content (AvgIpc) is 1.82. The first-order valence-electron chi connectivity index (χ1n) is 3.27. The highest BCUT2D eigenvalue weighted by Crippen LogP contribution is 1.96. The van der Waals surface area contributed by atoms with Crippen molar-refractivity contribution < 1.29 is 20.7 Å². The van der Waals surface area contributed by atoms with Gasteiger partial charge in [-0.25, -0.2) is 0 Å². The molecular weight excluding hydrogens is 134 g/mol. The quantitative estimate of drug-likeness (QED) is 0.470. The fourth-order valence-corrected chi connectivity index (χ4v) is 0.550. The normalized spacial score (nSPS) is 16.3. The van der Waals surface area contributed by atoms with Gasteiger partial charge >= 0.3 is 5.97 Å².